The number of aromatic nitrogens is 9. The number of nitrogens with zero attached hydrogens (tertiary/aromatic N) is 8. The molecule has 0 saturated heterocycles. The fourth-order valence-electron chi connectivity index (χ4n) is 2.40. The van der Waals surface area contributed by atoms with Crippen LogP contribution in [-0.2, 0) is 0 Å². The molecule has 0 aliphatic heterocycles. The molecule has 24 heavy (non-hydrogen) atoms. The van der Waals surface area contributed by atoms with Crippen LogP contribution in [0.1, 0.15) is 21.7 Å². The predicted octanol–water partition coefficient (Wildman–Crippen LogP) is 0.297. The smallest absolute Gasteiger partial charge is 0.290 e. The molecule has 0 radical (unpaired) electrons. The van der Waals surface area contributed by atoms with Gasteiger partial charge in [0, 0.05) is 6.20 Å². The SMILES string of the molecule is Cc1nn(-c2nn[nH]n2)c(C)c1NC(=O)c1ccc2ncnn2c1. The molecule has 11 heteroatoms. The number of carbonyl (C=O) groups is 1. The van der Waals surface area contributed by atoms with E-state index in [-0.39, 0.29) is 5.91 Å². The highest BCUT2D eigenvalue weighted by molar-refractivity contribution is 6.04. The Morgan fingerprint density at radius 1 is 1.29 bits per heavy atom. The van der Waals surface area contributed by atoms with Gasteiger partial charge in [-0.05, 0) is 31.2 Å². The lowest BCUT2D eigenvalue weighted by atomic mass is 10.2. The van der Waals surface area contributed by atoms with Crippen LogP contribution in [-0.4, -0.2) is 50.9 Å². The van der Waals surface area contributed by atoms with E-state index >= 15 is 0 Å². The minimum absolute atomic E-state index is 0.272. The molecule has 0 bridgehead atoms. The fraction of sp³-hybridized carbons (Fsp3) is 0.154. The van der Waals surface area contributed by atoms with E-state index in [0.29, 0.717) is 34.2 Å². The maximum atomic E-state index is 12.5. The number of carbonyl (C=O) groups excluding carboxylic acids is 1. The minimum atomic E-state index is -0.272. The highest BCUT2D eigenvalue weighted by atomic mass is 16.1. The summed E-state index contributed by atoms with van der Waals surface area (Å²) in [4.78, 5) is 16.6. The summed E-state index contributed by atoms with van der Waals surface area (Å²) in [6.07, 6.45) is 3.05. The van der Waals surface area contributed by atoms with Crippen molar-refractivity contribution in [1.82, 2.24) is 45.0 Å². The molecule has 1 amide bonds. The van der Waals surface area contributed by atoms with Crippen LogP contribution >= 0.6 is 0 Å². The van der Waals surface area contributed by atoms with Crippen molar-refractivity contribution in [2.75, 3.05) is 5.32 Å². The summed E-state index contributed by atoms with van der Waals surface area (Å²) >= 11 is 0. The Labute approximate surface area is 134 Å². The molecule has 0 saturated carbocycles. The van der Waals surface area contributed by atoms with Crippen molar-refractivity contribution in [1.29, 1.82) is 0 Å². The number of fused-ring (bicyclic) bond motifs is 1. The second-order valence-corrected chi connectivity index (χ2v) is 5.10. The van der Waals surface area contributed by atoms with Crippen molar-refractivity contribution >= 4 is 17.2 Å². The molecule has 0 aliphatic rings. The first-order chi connectivity index (χ1) is 11.6. The van der Waals surface area contributed by atoms with Gasteiger partial charge in [0.2, 0.25) is 0 Å². The van der Waals surface area contributed by atoms with E-state index in [2.05, 4.69) is 41.1 Å². The zero-order chi connectivity index (χ0) is 16.7. The van der Waals surface area contributed by atoms with Crippen LogP contribution < -0.4 is 5.32 Å². The van der Waals surface area contributed by atoms with Gasteiger partial charge < -0.3 is 5.32 Å². The Bertz CT molecular complexity index is 1030. The zero-order valence-corrected chi connectivity index (χ0v) is 12.8. The summed E-state index contributed by atoms with van der Waals surface area (Å²) in [5.74, 6) is 0.0337. The van der Waals surface area contributed by atoms with Crippen molar-refractivity contribution in [3.05, 3.63) is 41.6 Å². The second-order valence-electron chi connectivity index (χ2n) is 5.10. The zero-order valence-electron chi connectivity index (χ0n) is 12.8. The first kappa shape index (κ1) is 14.0. The predicted molar refractivity (Wildman–Crippen MR) is 81.7 cm³/mol. The number of amides is 1. The molecule has 120 valence electrons. The van der Waals surface area contributed by atoms with E-state index < -0.39 is 0 Å². The van der Waals surface area contributed by atoms with Crippen LogP contribution in [0.4, 0.5) is 5.69 Å². The normalized spacial score (nSPS) is 11.1. The molecule has 4 aromatic rings. The molecular formula is C13H12N10O. The standard InChI is InChI=1S/C13H12N10O/c1-7-11(8(2)23(19-7)13-17-20-21-18-13)16-12(24)9-3-4-10-14-6-15-22(10)5-9/h3-6H,1-2H3,(H,16,24)(H,17,18,20,21). The number of rotatable bonds is 3. The summed E-state index contributed by atoms with van der Waals surface area (Å²) in [5, 5.41) is 24.9. The number of aromatic amines is 1. The Kier molecular flexibility index (Phi) is 3.05. The van der Waals surface area contributed by atoms with Crippen LogP contribution in [0.2, 0.25) is 0 Å². The lowest BCUT2D eigenvalue weighted by Gasteiger charge is -2.06. The first-order valence-corrected chi connectivity index (χ1v) is 7.04. The third kappa shape index (κ3) is 2.18. The van der Waals surface area contributed by atoms with Gasteiger partial charge in [0.1, 0.15) is 6.33 Å². The van der Waals surface area contributed by atoms with E-state index in [1.54, 1.807) is 25.3 Å². The minimum Gasteiger partial charge on any atom is -0.319 e. The highest BCUT2D eigenvalue weighted by Gasteiger charge is 2.18. The van der Waals surface area contributed by atoms with Gasteiger partial charge in [0.05, 0.1) is 22.6 Å². The van der Waals surface area contributed by atoms with Crippen LogP contribution in [0.15, 0.2) is 24.7 Å². The third-order valence-electron chi connectivity index (χ3n) is 3.59. The Morgan fingerprint density at radius 2 is 2.17 bits per heavy atom. The Morgan fingerprint density at radius 3 is 2.96 bits per heavy atom. The first-order valence-electron chi connectivity index (χ1n) is 7.04. The maximum Gasteiger partial charge on any atom is 0.290 e. The number of hydrogen-bond acceptors (Lipinski definition) is 7. The van der Waals surface area contributed by atoms with Crippen molar-refractivity contribution in [3.63, 3.8) is 0 Å². The number of nitrogens with one attached hydrogen (secondary N) is 2. The number of tetrazole rings is 1. The van der Waals surface area contributed by atoms with E-state index in [4.69, 9.17) is 0 Å². The summed E-state index contributed by atoms with van der Waals surface area (Å²) in [5.41, 5.74) is 3.07. The van der Waals surface area contributed by atoms with Crippen LogP contribution in [0.5, 0.6) is 0 Å². The Hall–Kier alpha value is -3.63. The van der Waals surface area contributed by atoms with Gasteiger partial charge in [-0.15, -0.1) is 5.10 Å². The molecule has 0 aromatic carbocycles. The molecule has 0 spiro atoms. The van der Waals surface area contributed by atoms with Gasteiger partial charge >= 0.3 is 0 Å². The number of hydrogen-bond donors (Lipinski definition) is 2. The van der Waals surface area contributed by atoms with Gasteiger partial charge in [0.25, 0.3) is 11.9 Å². The van der Waals surface area contributed by atoms with Crippen molar-refractivity contribution in [3.8, 4) is 5.95 Å². The average Bonchev–Trinajstić information content (AvgIpc) is 3.30. The van der Waals surface area contributed by atoms with Gasteiger partial charge in [-0.1, -0.05) is 5.10 Å². The molecule has 4 aromatic heterocycles. The molecule has 0 aliphatic carbocycles. The second kappa shape index (κ2) is 5.22. The van der Waals surface area contributed by atoms with Crippen molar-refractivity contribution in [2.24, 2.45) is 0 Å². The molecule has 0 fully saturated rings. The summed E-state index contributed by atoms with van der Waals surface area (Å²) in [6, 6.07) is 3.41. The molecule has 4 heterocycles. The monoisotopic (exact) mass is 324 g/mol. The van der Waals surface area contributed by atoms with E-state index in [0.717, 1.165) is 0 Å². The lowest BCUT2D eigenvalue weighted by Crippen LogP contribution is -2.14. The summed E-state index contributed by atoms with van der Waals surface area (Å²) < 4.78 is 3.05. The van der Waals surface area contributed by atoms with Gasteiger partial charge in [-0.2, -0.15) is 20.1 Å². The molecule has 4 rings (SSSR count). The average molecular weight is 324 g/mol. The largest absolute Gasteiger partial charge is 0.319 e. The third-order valence-corrected chi connectivity index (χ3v) is 3.59. The highest BCUT2D eigenvalue weighted by Crippen LogP contribution is 2.21. The van der Waals surface area contributed by atoms with Crippen LogP contribution in [0.3, 0.4) is 0 Å². The van der Waals surface area contributed by atoms with E-state index in [9.17, 15) is 4.79 Å². The molecular weight excluding hydrogens is 312 g/mol. The molecule has 0 unspecified atom stereocenters. The van der Waals surface area contributed by atoms with Crippen molar-refractivity contribution in [2.45, 2.75) is 13.8 Å². The topological polar surface area (TPSA) is 132 Å². The van der Waals surface area contributed by atoms with Crippen LogP contribution in [0, 0.1) is 13.8 Å². The quantitative estimate of drug-likeness (QED) is 0.554. The molecule has 2 N–H and O–H groups in total. The lowest BCUT2D eigenvalue weighted by molar-refractivity contribution is 0.102. The Balaban J connectivity index is 1.66. The number of pyridine rings is 1. The summed E-state index contributed by atoms with van der Waals surface area (Å²) in [6.45, 7) is 3.60. The van der Waals surface area contributed by atoms with Gasteiger partial charge in [-0.25, -0.2) is 9.50 Å². The van der Waals surface area contributed by atoms with Gasteiger partial charge in [-0.3, -0.25) is 4.79 Å². The summed E-state index contributed by atoms with van der Waals surface area (Å²) in [7, 11) is 0. The maximum absolute atomic E-state index is 12.5. The number of H-pyrrole nitrogens is 1. The molecule has 0 atom stereocenters. The van der Waals surface area contributed by atoms with E-state index in [1.807, 2.05) is 6.92 Å². The number of aryl methyl sites for hydroxylation is 1. The molecule has 11 nitrogen and oxygen atoms in total. The van der Waals surface area contributed by atoms with Crippen molar-refractivity contribution < 1.29 is 4.79 Å². The van der Waals surface area contributed by atoms with Gasteiger partial charge in [0.15, 0.2) is 5.65 Å². The number of anilines is 1. The van der Waals surface area contributed by atoms with Crippen LogP contribution in [0.25, 0.3) is 11.6 Å². The fourth-order valence-corrected chi connectivity index (χ4v) is 2.40. The van der Waals surface area contributed by atoms with E-state index in [1.165, 1.54) is 15.5 Å².